The second-order valence-electron chi connectivity index (χ2n) is 4.24. The number of nitrogens with one attached hydrogen (secondary N) is 1. The third-order valence-corrected chi connectivity index (χ3v) is 3.66. The van der Waals surface area contributed by atoms with Crippen LogP contribution in [0.2, 0.25) is 5.15 Å². The maximum absolute atomic E-state index is 6.09. The summed E-state index contributed by atoms with van der Waals surface area (Å²) in [6.07, 6.45) is 3.39. The zero-order chi connectivity index (χ0) is 14.7. The first-order chi connectivity index (χ1) is 10.2. The Labute approximate surface area is 135 Å². The minimum Gasteiger partial charge on any atom is -0.339 e. The largest absolute Gasteiger partial charge is 0.339 e. The molecule has 0 unspecified atom stereocenters. The molecule has 0 fully saturated rings. The summed E-state index contributed by atoms with van der Waals surface area (Å²) in [5.41, 5.74) is 1.77. The molecule has 4 nitrogen and oxygen atoms in total. The summed E-state index contributed by atoms with van der Waals surface area (Å²) in [4.78, 5) is 12.7. The van der Waals surface area contributed by atoms with Gasteiger partial charge in [-0.05, 0) is 40.2 Å². The number of para-hydroxylation sites is 1. The van der Waals surface area contributed by atoms with Gasteiger partial charge in [0.2, 0.25) is 0 Å². The predicted octanol–water partition coefficient (Wildman–Crippen LogP) is 4.70. The average Bonchev–Trinajstić information content (AvgIpc) is 2.50. The van der Waals surface area contributed by atoms with Crippen LogP contribution in [0.25, 0.3) is 11.4 Å². The molecule has 0 aliphatic carbocycles. The number of aromatic nitrogens is 3. The number of nitrogens with zero attached hydrogens (tertiary/aromatic N) is 3. The number of halogens is 2. The fraction of sp³-hybridized carbons (Fsp3) is 0. The molecule has 2 heterocycles. The number of benzene rings is 1. The van der Waals surface area contributed by atoms with Gasteiger partial charge in [0, 0.05) is 28.5 Å². The molecule has 0 saturated heterocycles. The number of hydrogen-bond donors (Lipinski definition) is 1. The lowest BCUT2D eigenvalue weighted by atomic mass is 10.2. The van der Waals surface area contributed by atoms with Crippen LogP contribution >= 0.6 is 27.5 Å². The maximum atomic E-state index is 6.09. The van der Waals surface area contributed by atoms with Gasteiger partial charge in [-0.2, -0.15) is 0 Å². The van der Waals surface area contributed by atoms with Gasteiger partial charge in [-0.15, -0.1) is 0 Å². The predicted molar refractivity (Wildman–Crippen MR) is 87.7 cm³/mol. The summed E-state index contributed by atoms with van der Waals surface area (Å²) in [7, 11) is 0. The van der Waals surface area contributed by atoms with Gasteiger partial charge in [0.1, 0.15) is 11.0 Å². The Morgan fingerprint density at radius 3 is 2.52 bits per heavy atom. The molecule has 3 aromatic rings. The standard InChI is InChI=1S/C15H10BrClN4/c16-11-3-1-2-4-12(11)19-14-9-13(17)20-15(21-14)10-5-7-18-8-6-10/h1-9H,(H,19,20,21). The highest BCUT2D eigenvalue weighted by atomic mass is 79.9. The fourth-order valence-corrected chi connectivity index (χ4v) is 2.38. The average molecular weight is 362 g/mol. The summed E-state index contributed by atoms with van der Waals surface area (Å²) in [6.45, 7) is 0. The van der Waals surface area contributed by atoms with Crippen molar-refractivity contribution >= 4 is 39.0 Å². The summed E-state index contributed by atoms with van der Waals surface area (Å²) in [5, 5.41) is 3.61. The van der Waals surface area contributed by atoms with Crippen molar-refractivity contribution in [1.82, 2.24) is 15.0 Å². The summed E-state index contributed by atoms with van der Waals surface area (Å²) < 4.78 is 0.949. The van der Waals surface area contributed by atoms with E-state index in [0.717, 1.165) is 15.7 Å². The molecule has 0 saturated carbocycles. The molecule has 0 aliphatic rings. The molecule has 0 radical (unpaired) electrons. The van der Waals surface area contributed by atoms with Crippen molar-refractivity contribution in [1.29, 1.82) is 0 Å². The summed E-state index contributed by atoms with van der Waals surface area (Å²) in [6, 6.07) is 13.2. The Morgan fingerprint density at radius 2 is 1.76 bits per heavy atom. The first-order valence-electron chi connectivity index (χ1n) is 6.19. The number of anilines is 2. The second-order valence-corrected chi connectivity index (χ2v) is 5.48. The van der Waals surface area contributed by atoms with Crippen LogP contribution in [0.4, 0.5) is 11.5 Å². The molecule has 1 aromatic carbocycles. The summed E-state index contributed by atoms with van der Waals surface area (Å²) in [5.74, 6) is 1.19. The molecular formula is C15H10BrClN4. The quantitative estimate of drug-likeness (QED) is 0.687. The molecule has 2 aromatic heterocycles. The van der Waals surface area contributed by atoms with Crippen molar-refractivity contribution in [2.45, 2.75) is 0 Å². The van der Waals surface area contributed by atoms with E-state index < -0.39 is 0 Å². The Hall–Kier alpha value is -1.98. The van der Waals surface area contributed by atoms with Crippen LogP contribution < -0.4 is 5.32 Å². The van der Waals surface area contributed by atoms with Crippen LogP contribution in [-0.4, -0.2) is 15.0 Å². The van der Waals surface area contributed by atoms with Crippen LogP contribution in [0.1, 0.15) is 0 Å². The normalized spacial score (nSPS) is 10.4. The minimum absolute atomic E-state index is 0.381. The number of pyridine rings is 1. The highest BCUT2D eigenvalue weighted by Gasteiger charge is 2.07. The molecule has 0 aliphatic heterocycles. The number of rotatable bonds is 3. The minimum atomic E-state index is 0.381. The van der Waals surface area contributed by atoms with Crippen LogP contribution in [-0.2, 0) is 0 Å². The van der Waals surface area contributed by atoms with E-state index in [1.54, 1.807) is 18.5 Å². The SMILES string of the molecule is Clc1cc(Nc2ccccc2Br)nc(-c2ccncc2)n1. The lowest BCUT2D eigenvalue weighted by Gasteiger charge is -2.09. The highest BCUT2D eigenvalue weighted by Crippen LogP contribution is 2.26. The van der Waals surface area contributed by atoms with Gasteiger partial charge < -0.3 is 5.32 Å². The Bertz CT molecular complexity index is 765. The number of hydrogen-bond acceptors (Lipinski definition) is 4. The van der Waals surface area contributed by atoms with Crippen LogP contribution in [0.15, 0.2) is 59.3 Å². The van der Waals surface area contributed by atoms with Gasteiger partial charge in [-0.3, -0.25) is 4.98 Å². The van der Waals surface area contributed by atoms with Crippen LogP contribution in [0, 0.1) is 0 Å². The van der Waals surface area contributed by atoms with Gasteiger partial charge in [0.05, 0.1) is 5.69 Å². The lowest BCUT2D eigenvalue weighted by Crippen LogP contribution is -1.98. The molecule has 0 spiro atoms. The van der Waals surface area contributed by atoms with Crippen molar-refractivity contribution in [2.75, 3.05) is 5.32 Å². The van der Waals surface area contributed by atoms with E-state index in [1.165, 1.54) is 0 Å². The van der Waals surface area contributed by atoms with Crippen molar-refractivity contribution in [3.63, 3.8) is 0 Å². The molecule has 6 heteroatoms. The van der Waals surface area contributed by atoms with E-state index in [4.69, 9.17) is 11.6 Å². The first kappa shape index (κ1) is 14.0. The van der Waals surface area contributed by atoms with Crippen molar-refractivity contribution < 1.29 is 0 Å². The maximum Gasteiger partial charge on any atom is 0.163 e. The second kappa shape index (κ2) is 6.20. The Morgan fingerprint density at radius 1 is 1.00 bits per heavy atom. The Kier molecular flexibility index (Phi) is 4.13. The van der Waals surface area contributed by atoms with E-state index in [-0.39, 0.29) is 0 Å². The third kappa shape index (κ3) is 3.37. The fourth-order valence-electron chi connectivity index (χ4n) is 1.81. The molecular weight excluding hydrogens is 352 g/mol. The van der Waals surface area contributed by atoms with Gasteiger partial charge in [0.25, 0.3) is 0 Å². The van der Waals surface area contributed by atoms with E-state index in [1.807, 2.05) is 36.4 Å². The third-order valence-electron chi connectivity index (χ3n) is 2.77. The first-order valence-corrected chi connectivity index (χ1v) is 7.36. The smallest absolute Gasteiger partial charge is 0.163 e. The van der Waals surface area contributed by atoms with Gasteiger partial charge >= 0.3 is 0 Å². The summed E-state index contributed by atoms with van der Waals surface area (Å²) >= 11 is 9.58. The molecule has 3 rings (SSSR count). The van der Waals surface area contributed by atoms with E-state index in [2.05, 4.69) is 36.2 Å². The molecule has 1 N–H and O–H groups in total. The molecule has 0 atom stereocenters. The topological polar surface area (TPSA) is 50.7 Å². The highest BCUT2D eigenvalue weighted by molar-refractivity contribution is 9.10. The van der Waals surface area contributed by atoms with Gasteiger partial charge in [-0.1, -0.05) is 23.7 Å². The van der Waals surface area contributed by atoms with E-state index >= 15 is 0 Å². The van der Waals surface area contributed by atoms with Crippen LogP contribution in [0.5, 0.6) is 0 Å². The molecule has 0 bridgehead atoms. The van der Waals surface area contributed by atoms with E-state index in [0.29, 0.717) is 16.8 Å². The van der Waals surface area contributed by atoms with Crippen molar-refractivity contribution in [3.8, 4) is 11.4 Å². The van der Waals surface area contributed by atoms with Gasteiger partial charge in [-0.25, -0.2) is 9.97 Å². The zero-order valence-corrected chi connectivity index (χ0v) is 13.1. The molecule has 104 valence electrons. The lowest BCUT2D eigenvalue weighted by molar-refractivity contribution is 1.17. The van der Waals surface area contributed by atoms with Crippen molar-refractivity contribution in [3.05, 3.63) is 64.5 Å². The van der Waals surface area contributed by atoms with Crippen molar-refractivity contribution in [2.24, 2.45) is 0 Å². The monoisotopic (exact) mass is 360 g/mol. The van der Waals surface area contributed by atoms with E-state index in [9.17, 15) is 0 Å². The Balaban J connectivity index is 1.97. The van der Waals surface area contributed by atoms with Gasteiger partial charge in [0.15, 0.2) is 5.82 Å². The molecule has 0 amide bonds. The zero-order valence-electron chi connectivity index (χ0n) is 10.8. The molecule has 21 heavy (non-hydrogen) atoms. The van der Waals surface area contributed by atoms with Crippen LogP contribution in [0.3, 0.4) is 0 Å².